The highest BCUT2D eigenvalue weighted by Crippen LogP contribution is 2.23. The van der Waals surface area contributed by atoms with Crippen molar-refractivity contribution in [1.82, 2.24) is 20.5 Å². The Hall–Kier alpha value is -3.93. The van der Waals surface area contributed by atoms with Gasteiger partial charge in [-0.3, -0.25) is 14.6 Å². The van der Waals surface area contributed by atoms with Gasteiger partial charge in [0, 0.05) is 51.1 Å². The molecule has 0 bridgehead atoms. The van der Waals surface area contributed by atoms with Crippen LogP contribution in [0.4, 0.5) is 8.78 Å². The van der Waals surface area contributed by atoms with Gasteiger partial charge in [0.15, 0.2) is 0 Å². The number of nitrogens with one attached hydrogen (secondary N) is 2. The maximum Gasteiger partial charge on any atom is 0.255 e. The molecule has 2 fully saturated rings. The molecule has 5 rings (SSSR count). The second-order valence-corrected chi connectivity index (χ2v) is 11.1. The molecule has 3 N–H and O–H groups in total. The maximum atomic E-state index is 14.0. The molecule has 2 aliphatic rings. The number of aliphatic hydroxyl groups excluding tert-OH is 1. The summed E-state index contributed by atoms with van der Waals surface area (Å²) in [6.07, 6.45) is 3.51. The minimum atomic E-state index is -1.13. The number of carbonyl (C=O) groups excluding carboxylic acids is 2. The van der Waals surface area contributed by atoms with Crippen LogP contribution in [0.1, 0.15) is 45.5 Å². The fourth-order valence-corrected chi connectivity index (χ4v) is 5.86. The minimum absolute atomic E-state index is 0.0392. The number of hydrogen-bond donors (Lipinski definition) is 3. The van der Waals surface area contributed by atoms with Gasteiger partial charge in [-0.05, 0) is 55.2 Å². The normalized spacial score (nSPS) is 21.4. The van der Waals surface area contributed by atoms with Crippen LogP contribution in [-0.2, 0) is 11.2 Å². The number of pyridine rings is 1. The van der Waals surface area contributed by atoms with Gasteiger partial charge in [0.2, 0.25) is 0 Å². The number of carbonyl (C=O) groups is 2. The Morgan fingerprint density at radius 3 is 2.60 bits per heavy atom. The van der Waals surface area contributed by atoms with Crippen LogP contribution in [0.15, 0.2) is 67.0 Å². The first kappa shape index (κ1) is 30.5. The third kappa shape index (κ3) is 7.73. The predicted octanol–water partition coefficient (Wildman–Crippen LogP) is 3.12. The second-order valence-electron chi connectivity index (χ2n) is 11.1. The average molecular weight is 595 g/mol. The van der Waals surface area contributed by atoms with Gasteiger partial charge in [0.1, 0.15) is 23.5 Å². The molecule has 0 saturated carbocycles. The molecule has 228 valence electrons. The van der Waals surface area contributed by atoms with Crippen LogP contribution < -0.4 is 15.4 Å². The third-order valence-corrected chi connectivity index (χ3v) is 7.93. The van der Waals surface area contributed by atoms with E-state index in [0.717, 1.165) is 18.9 Å². The summed E-state index contributed by atoms with van der Waals surface area (Å²) in [7, 11) is 1.59. The minimum Gasteiger partial charge on any atom is -0.489 e. The van der Waals surface area contributed by atoms with E-state index in [-0.39, 0.29) is 41.2 Å². The van der Waals surface area contributed by atoms with Crippen molar-refractivity contribution in [3.63, 3.8) is 0 Å². The van der Waals surface area contributed by atoms with E-state index in [2.05, 4.69) is 15.6 Å². The van der Waals surface area contributed by atoms with Crippen LogP contribution in [0, 0.1) is 11.6 Å². The number of rotatable bonds is 11. The highest BCUT2D eigenvalue weighted by molar-refractivity contribution is 5.99. The summed E-state index contributed by atoms with van der Waals surface area (Å²) in [6, 6.07) is 12.5. The first-order valence-corrected chi connectivity index (χ1v) is 14.4. The molecule has 5 atom stereocenters. The van der Waals surface area contributed by atoms with E-state index in [1.807, 2.05) is 30.3 Å². The van der Waals surface area contributed by atoms with E-state index in [9.17, 15) is 23.5 Å². The molecule has 2 aromatic carbocycles. The molecule has 3 heterocycles. The topological polar surface area (TPSA) is 113 Å². The molecule has 2 amide bonds. The molecule has 0 unspecified atom stereocenters. The Morgan fingerprint density at radius 1 is 1.12 bits per heavy atom. The smallest absolute Gasteiger partial charge is 0.255 e. The fourth-order valence-electron chi connectivity index (χ4n) is 5.86. The summed E-state index contributed by atoms with van der Waals surface area (Å²) in [4.78, 5) is 32.6. The molecular formula is C32H36F2N4O5. The number of nitrogens with zero attached hydrogens (tertiary/aromatic N) is 2. The lowest BCUT2D eigenvalue weighted by atomic mass is 9.94. The first-order chi connectivity index (χ1) is 20.8. The average Bonchev–Trinajstić information content (AvgIpc) is 3.66. The molecule has 2 saturated heterocycles. The van der Waals surface area contributed by atoms with Crippen molar-refractivity contribution in [2.75, 3.05) is 26.8 Å². The van der Waals surface area contributed by atoms with E-state index in [1.54, 1.807) is 12.0 Å². The van der Waals surface area contributed by atoms with Crippen molar-refractivity contribution in [3.05, 3.63) is 95.3 Å². The van der Waals surface area contributed by atoms with Gasteiger partial charge in [-0.15, -0.1) is 0 Å². The number of benzene rings is 2. The third-order valence-electron chi connectivity index (χ3n) is 7.93. The zero-order chi connectivity index (χ0) is 30.3. The summed E-state index contributed by atoms with van der Waals surface area (Å²) in [5.41, 5.74) is 0.663. The van der Waals surface area contributed by atoms with Gasteiger partial charge in [-0.2, -0.15) is 0 Å². The van der Waals surface area contributed by atoms with Crippen molar-refractivity contribution >= 4 is 11.8 Å². The zero-order valence-corrected chi connectivity index (χ0v) is 23.9. The van der Waals surface area contributed by atoms with Crippen LogP contribution in [0.5, 0.6) is 5.75 Å². The van der Waals surface area contributed by atoms with Gasteiger partial charge in [0.05, 0.1) is 35.9 Å². The Bertz CT molecular complexity index is 1390. The number of aliphatic hydroxyl groups is 1. The van der Waals surface area contributed by atoms with Crippen molar-refractivity contribution in [1.29, 1.82) is 0 Å². The van der Waals surface area contributed by atoms with E-state index in [1.165, 1.54) is 30.6 Å². The summed E-state index contributed by atoms with van der Waals surface area (Å²) in [6.45, 7) is 1.48. The number of likely N-dealkylation sites (tertiary alicyclic amines) is 1. The molecule has 0 aliphatic carbocycles. The van der Waals surface area contributed by atoms with Crippen LogP contribution >= 0.6 is 0 Å². The summed E-state index contributed by atoms with van der Waals surface area (Å²) in [5, 5.41) is 17.5. The zero-order valence-electron chi connectivity index (χ0n) is 23.9. The lowest BCUT2D eigenvalue weighted by molar-refractivity contribution is 0.0630. The Kier molecular flexibility index (Phi) is 9.96. The van der Waals surface area contributed by atoms with E-state index >= 15 is 0 Å². The maximum absolute atomic E-state index is 14.0. The van der Waals surface area contributed by atoms with Crippen molar-refractivity contribution in [3.8, 4) is 5.75 Å². The quantitative estimate of drug-likeness (QED) is 0.313. The van der Waals surface area contributed by atoms with Crippen LogP contribution in [0.3, 0.4) is 0 Å². The monoisotopic (exact) mass is 594 g/mol. The largest absolute Gasteiger partial charge is 0.489 e. The van der Waals surface area contributed by atoms with Gasteiger partial charge >= 0.3 is 0 Å². The second kappa shape index (κ2) is 14.0. The number of hydrogen-bond acceptors (Lipinski definition) is 7. The van der Waals surface area contributed by atoms with E-state index < -0.39 is 35.7 Å². The highest BCUT2D eigenvalue weighted by Gasteiger charge is 2.36. The van der Waals surface area contributed by atoms with Crippen LogP contribution in [-0.4, -0.2) is 83.9 Å². The lowest BCUT2D eigenvalue weighted by Gasteiger charge is -2.29. The number of methoxy groups -OCH3 is 1. The molecular weight excluding hydrogens is 558 g/mol. The number of para-hydroxylation sites is 1. The van der Waals surface area contributed by atoms with Gasteiger partial charge in [-0.1, -0.05) is 18.2 Å². The van der Waals surface area contributed by atoms with Crippen molar-refractivity contribution in [2.24, 2.45) is 0 Å². The molecule has 1 aromatic heterocycles. The van der Waals surface area contributed by atoms with Gasteiger partial charge in [-0.25, -0.2) is 8.78 Å². The molecule has 11 heteroatoms. The molecule has 0 radical (unpaired) electrons. The van der Waals surface area contributed by atoms with Crippen molar-refractivity contribution in [2.45, 2.75) is 56.0 Å². The Labute approximate surface area is 249 Å². The lowest BCUT2D eigenvalue weighted by Crippen LogP contribution is -2.52. The SMILES string of the molecule is COC[C@H]1CCCN1C(=O)c1cncc(C(=O)N[C@@H](Cc2cc(F)cc(F)c2)[C@H](O)[C@H]2C[C@@H](Oc3ccccc3)CN2)c1. The van der Waals surface area contributed by atoms with Crippen LogP contribution in [0.25, 0.3) is 0 Å². The molecule has 3 aromatic rings. The van der Waals surface area contributed by atoms with Gasteiger partial charge in [0.25, 0.3) is 11.8 Å². The number of aromatic nitrogens is 1. The molecule has 9 nitrogen and oxygen atoms in total. The summed E-state index contributed by atoms with van der Waals surface area (Å²) >= 11 is 0. The van der Waals surface area contributed by atoms with E-state index in [4.69, 9.17) is 9.47 Å². The first-order valence-electron chi connectivity index (χ1n) is 14.4. The predicted molar refractivity (Wildman–Crippen MR) is 155 cm³/mol. The Morgan fingerprint density at radius 2 is 1.86 bits per heavy atom. The van der Waals surface area contributed by atoms with Crippen LogP contribution in [0.2, 0.25) is 0 Å². The van der Waals surface area contributed by atoms with Gasteiger partial charge < -0.3 is 30.1 Å². The van der Waals surface area contributed by atoms with Crippen molar-refractivity contribution < 1.29 is 33.0 Å². The fraction of sp³-hybridized carbons (Fsp3) is 0.406. The molecule has 2 aliphatic heterocycles. The number of halogens is 2. The molecule has 0 spiro atoms. The summed E-state index contributed by atoms with van der Waals surface area (Å²) < 4.78 is 39.3. The molecule has 43 heavy (non-hydrogen) atoms. The number of amides is 2. The standard InChI is InChI=1S/C32H36F2N4O5/c1-42-19-25-6-5-9-38(25)32(41)22-13-21(16-35-17-22)31(40)37-29(12-20-10-23(33)14-24(34)11-20)30(39)28-15-27(18-36-28)43-26-7-3-2-4-8-26/h2-4,7-8,10-11,13-14,16-17,25,27-30,36,39H,5-6,9,12,15,18-19H2,1H3,(H,37,40)/t25-,27-,28-,29+,30-/m1/s1. The van der Waals surface area contributed by atoms with E-state index in [0.29, 0.717) is 31.9 Å². The Balaban J connectivity index is 1.32. The highest BCUT2D eigenvalue weighted by atomic mass is 19.1. The summed E-state index contributed by atoms with van der Waals surface area (Å²) in [5.74, 6) is -1.63. The number of ether oxygens (including phenoxy) is 2.